The molecule has 1 rings (SSSR count). The molecular formula is C15H27N3O2. The van der Waals surface area contributed by atoms with Crippen LogP contribution in [-0.4, -0.2) is 22.2 Å². The van der Waals surface area contributed by atoms with E-state index in [1.807, 2.05) is 6.92 Å². The Morgan fingerprint density at radius 2 is 1.80 bits per heavy atom. The van der Waals surface area contributed by atoms with Gasteiger partial charge >= 0.3 is 5.69 Å². The maximum Gasteiger partial charge on any atom is 0.331 e. The number of hydrogen-bond donors (Lipinski definition) is 1. The van der Waals surface area contributed by atoms with E-state index < -0.39 is 0 Å². The van der Waals surface area contributed by atoms with E-state index in [4.69, 9.17) is 0 Å². The third-order valence-corrected chi connectivity index (χ3v) is 3.32. The SMILES string of the molecule is CCCCCCNCCn1c(=O)ccn(CCC)c1=O. The van der Waals surface area contributed by atoms with Crippen molar-refractivity contribution in [2.24, 2.45) is 0 Å². The summed E-state index contributed by atoms with van der Waals surface area (Å²) in [6.07, 6.45) is 7.35. The fraction of sp³-hybridized carbons (Fsp3) is 0.733. The highest BCUT2D eigenvalue weighted by atomic mass is 16.2. The van der Waals surface area contributed by atoms with Crippen LogP contribution in [0.5, 0.6) is 0 Å². The molecule has 0 saturated heterocycles. The van der Waals surface area contributed by atoms with Gasteiger partial charge in [0, 0.05) is 31.9 Å². The maximum atomic E-state index is 12.1. The molecule has 0 bridgehead atoms. The normalized spacial score (nSPS) is 10.9. The Labute approximate surface area is 120 Å². The van der Waals surface area contributed by atoms with Crippen LogP contribution in [0.1, 0.15) is 46.0 Å². The Kier molecular flexibility index (Phi) is 7.95. The molecule has 0 saturated carbocycles. The molecule has 0 fully saturated rings. The van der Waals surface area contributed by atoms with Gasteiger partial charge in [-0.3, -0.25) is 9.36 Å². The van der Waals surface area contributed by atoms with Crippen LogP contribution in [0.25, 0.3) is 0 Å². The zero-order valence-electron chi connectivity index (χ0n) is 12.7. The molecule has 0 aliphatic carbocycles. The van der Waals surface area contributed by atoms with Gasteiger partial charge in [-0.1, -0.05) is 33.1 Å². The van der Waals surface area contributed by atoms with Crippen molar-refractivity contribution in [3.8, 4) is 0 Å². The van der Waals surface area contributed by atoms with Gasteiger partial charge in [-0.15, -0.1) is 0 Å². The standard InChI is InChI=1S/C15H27N3O2/c1-3-5-6-7-9-16-10-13-18-14(19)8-12-17(11-4-2)15(18)20/h8,12,16H,3-7,9-11,13H2,1-2H3. The summed E-state index contributed by atoms with van der Waals surface area (Å²) in [5, 5.41) is 3.29. The fourth-order valence-electron chi connectivity index (χ4n) is 2.17. The number of aryl methyl sites for hydroxylation is 1. The smallest absolute Gasteiger partial charge is 0.315 e. The Morgan fingerprint density at radius 3 is 2.50 bits per heavy atom. The van der Waals surface area contributed by atoms with E-state index in [1.54, 1.807) is 10.8 Å². The fourth-order valence-corrected chi connectivity index (χ4v) is 2.17. The van der Waals surface area contributed by atoms with Crippen LogP contribution in [0.4, 0.5) is 0 Å². The summed E-state index contributed by atoms with van der Waals surface area (Å²) >= 11 is 0. The molecule has 0 unspecified atom stereocenters. The lowest BCUT2D eigenvalue weighted by atomic mass is 10.2. The summed E-state index contributed by atoms with van der Waals surface area (Å²) in [4.78, 5) is 23.8. The average Bonchev–Trinajstić information content (AvgIpc) is 2.44. The number of nitrogens with one attached hydrogen (secondary N) is 1. The van der Waals surface area contributed by atoms with Crippen molar-refractivity contribution in [1.29, 1.82) is 0 Å². The van der Waals surface area contributed by atoms with Crippen molar-refractivity contribution in [2.45, 2.75) is 59.0 Å². The number of rotatable bonds is 10. The third-order valence-electron chi connectivity index (χ3n) is 3.32. The largest absolute Gasteiger partial charge is 0.331 e. The first-order chi connectivity index (χ1) is 9.70. The highest BCUT2D eigenvalue weighted by Gasteiger charge is 2.03. The molecule has 0 aromatic carbocycles. The molecule has 5 heteroatoms. The van der Waals surface area contributed by atoms with Gasteiger partial charge in [-0.25, -0.2) is 4.79 Å². The number of unbranched alkanes of at least 4 members (excludes halogenated alkanes) is 3. The van der Waals surface area contributed by atoms with Crippen LogP contribution in [0.15, 0.2) is 21.9 Å². The highest BCUT2D eigenvalue weighted by Crippen LogP contribution is 1.96. The second-order valence-electron chi connectivity index (χ2n) is 5.09. The predicted molar refractivity (Wildman–Crippen MR) is 82.3 cm³/mol. The van der Waals surface area contributed by atoms with Gasteiger partial charge < -0.3 is 9.88 Å². The molecule has 114 valence electrons. The molecule has 0 aliphatic rings. The third kappa shape index (κ3) is 5.33. The van der Waals surface area contributed by atoms with Crippen molar-refractivity contribution in [2.75, 3.05) is 13.1 Å². The second kappa shape index (κ2) is 9.53. The highest BCUT2D eigenvalue weighted by molar-refractivity contribution is 4.86. The van der Waals surface area contributed by atoms with Crippen LogP contribution in [0.3, 0.4) is 0 Å². The Bertz CT molecular complexity index is 491. The van der Waals surface area contributed by atoms with E-state index >= 15 is 0 Å². The van der Waals surface area contributed by atoms with Crippen molar-refractivity contribution in [3.05, 3.63) is 33.1 Å². The minimum atomic E-state index is -0.213. The van der Waals surface area contributed by atoms with Gasteiger partial charge in [0.1, 0.15) is 0 Å². The van der Waals surface area contributed by atoms with Gasteiger partial charge in [0.25, 0.3) is 5.56 Å². The molecule has 20 heavy (non-hydrogen) atoms. The Morgan fingerprint density at radius 1 is 1.00 bits per heavy atom. The summed E-state index contributed by atoms with van der Waals surface area (Å²) in [6, 6.07) is 1.47. The summed E-state index contributed by atoms with van der Waals surface area (Å²) in [5.74, 6) is 0. The quantitative estimate of drug-likeness (QED) is 0.663. The minimum absolute atomic E-state index is 0.202. The Hall–Kier alpha value is -1.36. The molecule has 0 aliphatic heterocycles. The number of aromatic nitrogens is 2. The zero-order valence-corrected chi connectivity index (χ0v) is 12.7. The van der Waals surface area contributed by atoms with E-state index in [2.05, 4.69) is 12.2 Å². The second-order valence-corrected chi connectivity index (χ2v) is 5.09. The lowest BCUT2D eigenvalue weighted by Gasteiger charge is -2.09. The van der Waals surface area contributed by atoms with Crippen LogP contribution < -0.4 is 16.6 Å². The van der Waals surface area contributed by atoms with Gasteiger partial charge in [0.2, 0.25) is 0 Å². The molecule has 1 N–H and O–H groups in total. The number of hydrogen-bond acceptors (Lipinski definition) is 3. The van der Waals surface area contributed by atoms with Crippen molar-refractivity contribution in [1.82, 2.24) is 14.5 Å². The first-order valence-corrected chi connectivity index (χ1v) is 7.71. The Balaban J connectivity index is 2.45. The average molecular weight is 281 g/mol. The van der Waals surface area contributed by atoms with Crippen molar-refractivity contribution >= 4 is 0 Å². The van der Waals surface area contributed by atoms with E-state index in [0.29, 0.717) is 19.6 Å². The lowest BCUT2D eigenvalue weighted by Crippen LogP contribution is -2.41. The first-order valence-electron chi connectivity index (χ1n) is 7.71. The van der Waals surface area contributed by atoms with Crippen LogP contribution >= 0.6 is 0 Å². The minimum Gasteiger partial charge on any atom is -0.315 e. The topological polar surface area (TPSA) is 56.0 Å². The molecule has 1 aromatic rings. The summed E-state index contributed by atoms with van der Waals surface area (Å²) in [6.45, 7) is 6.91. The predicted octanol–water partition coefficient (Wildman–Crippen LogP) is 1.59. The van der Waals surface area contributed by atoms with Crippen molar-refractivity contribution in [3.63, 3.8) is 0 Å². The molecule has 0 amide bonds. The van der Waals surface area contributed by atoms with E-state index in [-0.39, 0.29) is 11.2 Å². The molecule has 0 radical (unpaired) electrons. The van der Waals surface area contributed by atoms with Crippen LogP contribution in [0.2, 0.25) is 0 Å². The molecule has 1 aromatic heterocycles. The molecule has 0 atom stereocenters. The first kappa shape index (κ1) is 16.7. The number of nitrogens with zero attached hydrogens (tertiary/aromatic N) is 2. The van der Waals surface area contributed by atoms with Gasteiger partial charge in [0.15, 0.2) is 0 Å². The van der Waals surface area contributed by atoms with E-state index in [9.17, 15) is 9.59 Å². The monoisotopic (exact) mass is 281 g/mol. The summed E-state index contributed by atoms with van der Waals surface area (Å²) in [5.41, 5.74) is -0.415. The molecule has 5 nitrogen and oxygen atoms in total. The van der Waals surface area contributed by atoms with Crippen LogP contribution in [-0.2, 0) is 13.1 Å². The molecule has 0 spiro atoms. The van der Waals surface area contributed by atoms with E-state index in [0.717, 1.165) is 19.4 Å². The lowest BCUT2D eigenvalue weighted by molar-refractivity contribution is 0.512. The maximum absolute atomic E-state index is 12.1. The van der Waals surface area contributed by atoms with Gasteiger partial charge in [-0.05, 0) is 19.4 Å². The van der Waals surface area contributed by atoms with Crippen molar-refractivity contribution < 1.29 is 0 Å². The van der Waals surface area contributed by atoms with Crippen LogP contribution in [0, 0.1) is 0 Å². The summed E-state index contributed by atoms with van der Waals surface area (Å²) < 4.78 is 2.91. The van der Waals surface area contributed by atoms with Gasteiger partial charge in [0.05, 0.1) is 0 Å². The summed E-state index contributed by atoms with van der Waals surface area (Å²) in [7, 11) is 0. The molecule has 1 heterocycles. The van der Waals surface area contributed by atoms with Gasteiger partial charge in [-0.2, -0.15) is 0 Å². The van der Waals surface area contributed by atoms with E-state index in [1.165, 1.54) is 29.9 Å². The molecular weight excluding hydrogens is 254 g/mol. The zero-order chi connectivity index (χ0) is 14.8.